The van der Waals surface area contributed by atoms with E-state index < -0.39 is 0 Å². The highest BCUT2D eigenvalue weighted by atomic mass is 35.5. The molecule has 1 saturated heterocycles. The Kier molecular flexibility index (Phi) is 5.76. The number of hydrogen-bond donors (Lipinski definition) is 1. The normalized spacial score (nSPS) is 16.6. The van der Waals surface area contributed by atoms with Crippen molar-refractivity contribution in [2.75, 3.05) is 13.1 Å². The summed E-state index contributed by atoms with van der Waals surface area (Å²) < 4.78 is 0. The molecule has 1 N–H and O–H groups in total. The van der Waals surface area contributed by atoms with Crippen LogP contribution in [0, 0.1) is 0 Å². The largest absolute Gasteiger partial charge is 0.338 e. The molecule has 1 atom stereocenters. The van der Waals surface area contributed by atoms with E-state index in [9.17, 15) is 9.59 Å². The zero-order valence-corrected chi connectivity index (χ0v) is 16.7. The number of halogens is 1. The van der Waals surface area contributed by atoms with Crippen LogP contribution in [0.25, 0.3) is 0 Å². The summed E-state index contributed by atoms with van der Waals surface area (Å²) in [5.41, 5.74) is 3.33. The van der Waals surface area contributed by atoms with Gasteiger partial charge in [-0.05, 0) is 42.7 Å². The SMILES string of the molecule is O=C(c1ccc(=O)[nH]c1)N1CCCC(c2cccc(Cc3ccccc3Cl)n2)C1. The van der Waals surface area contributed by atoms with Gasteiger partial charge < -0.3 is 9.88 Å². The maximum absolute atomic E-state index is 12.8. The van der Waals surface area contributed by atoms with Gasteiger partial charge in [-0.2, -0.15) is 0 Å². The molecule has 1 aliphatic rings. The maximum atomic E-state index is 12.8. The lowest BCUT2D eigenvalue weighted by atomic mass is 9.93. The highest BCUT2D eigenvalue weighted by molar-refractivity contribution is 6.31. The minimum absolute atomic E-state index is 0.0572. The van der Waals surface area contributed by atoms with E-state index in [4.69, 9.17) is 16.6 Å². The number of nitrogens with one attached hydrogen (secondary N) is 1. The van der Waals surface area contributed by atoms with Gasteiger partial charge in [-0.1, -0.05) is 35.9 Å². The average Bonchev–Trinajstić information content (AvgIpc) is 2.76. The summed E-state index contributed by atoms with van der Waals surface area (Å²) in [6.45, 7) is 1.34. The van der Waals surface area contributed by atoms with Crippen LogP contribution < -0.4 is 5.56 Å². The summed E-state index contributed by atoms with van der Waals surface area (Å²) in [4.78, 5) is 33.3. The lowest BCUT2D eigenvalue weighted by Crippen LogP contribution is -2.39. The van der Waals surface area contributed by atoms with Crippen molar-refractivity contribution in [3.63, 3.8) is 0 Å². The molecule has 0 bridgehead atoms. The van der Waals surface area contributed by atoms with Gasteiger partial charge in [0, 0.05) is 54.1 Å². The first-order chi connectivity index (χ1) is 14.1. The van der Waals surface area contributed by atoms with Gasteiger partial charge in [0.2, 0.25) is 5.56 Å². The standard InChI is InChI=1S/C23H22ClN3O2/c24-20-8-2-1-5-16(20)13-19-7-3-9-21(26-19)18-6-4-12-27(15-18)23(29)17-10-11-22(28)25-14-17/h1-3,5,7-11,14,18H,4,6,12-13,15H2,(H,25,28). The summed E-state index contributed by atoms with van der Waals surface area (Å²) in [6, 6.07) is 16.8. The molecule has 6 heteroatoms. The van der Waals surface area contributed by atoms with Gasteiger partial charge in [-0.3, -0.25) is 14.6 Å². The van der Waals surface area contributed by atoms with Gasteiger partial charge in [0.15, 0.2) is 0 Å². The molecule has 0 radical (unpaired) electrons. The number of rotatable bonds is 4. The van der Waals surface area contributed by atoms with Gasteiger partial charge in [-0.25, -0.2) is 0 Å². The first-order valence-corrected chi connectivity index (χ1v) is 10.2. The van der Waals surface area contributed by atoms with Crippen LogP contribution in [0.1, 0.15) is 46.1 Å². The van der Waals surface area contributed by atoms with Crippen LogP contribution in [0.5, 0.6) is 0 Å². The number of nitrogens with zero attached hydrogens (tertiary/aromatic N) is 2. The number of H-pyrrole nitrogens is 1. The molecular formula is C23H22ClN3O2. The molecular weight excluding hydrogens is 386 g/mol. The predicted octanol–water partition coefficient (Wildman–Crippen LogP) is 4.03. The van der Waals surface area contributed by atoms with Gasteiger partial charge >= 0.3 is 0 Å². The number of aromatic amines is 1. The number of piperidine rings is 1. The fourth-order valence-corrected chi connectivity index (χ4v) is 3.99. The van der Waals surface area contributed by atoms with Crippen molar-refractivity contribution in [3.05, 3.63) is 98.7 Å². The molecule has 29 heavy (non-hydrogen) atoms. The van der Waals surface area contributed by atoms with Gasteiger partial charge in [0.1, 0.15) is 0 Å². The van der Waals surface area contributed by atoms with E-state index in [1.807, 2.05) is 47.4 Å². The minimum atomic E-state index is -0.211. The van der Waals surface area contributed by atoms with E-state index in [1.54, 1.807) is 6.07 Å². The van der Waals surface area contributed by atoms with E-state index in [-0.39, 0.29) is 17.4 Å². The Morgan fingerprint density at radius 3 is 2.79 bits per heavy atom. The monoisotopic (exact) mass is 407 g/mol. The smallest absolute Gasteiger partial charge is 0.255 e. The summed E-state index contributed by atoms with van der Waals surface area (Å²) in [5, 5.41) is 0.745. The Bertz CT molecular complexity index is 1060. The number of carbonyl (C=O) groups excluding carboxylic acids is 1. The molecule has 5 nitrogen and oxygen atoms in total. The third kappa shape index (κ3) is 4.57. The Balaban J connectivity index is 1.49. The Morgan fingerprint density at radius 2 is 2.00 bits per heavy atom. The van der Waals surface area contributed by atoms with Crippen molar-refractivity contribution in [2.24, 2.45) is 0 Å². The van der Waals surface area contributed by atoms with Gasteiger partial charge in [0.05, 0.1) is 5.56 Å². The Labute approximate surface area is 174 Å². The molecule has 0 aliphatic carbocycles. The number of likely N-dealkylation sites (tertiary alicyclic amines) is 1. The first kappa shape index (κ1) is 19.4. The van der Waals surface area contributed by atoms with Crippen LogP contribution in [0.3, 0.4) is 0 Å². The zero-order valence-electron chi connectivity index (χ0n) is 16.0. The molecule has 2 aromatic heterocycles. The predicted molar refractivity (Wildman–Crippen MR) is 113 cm³/mol. The highest BCUT2D eigenvalue weighted by Gasteiger charge is 2.26. The van der Waals surface area contributed by atoms with Crippen LogP contribution in [0.2, 0.25) is 5.02 Å². The Morgan fingerprint density at radius 1 is 1.14 bits per heavy atom. The maximum Gasteiger partial charge on any atom is 0.255 e. The van der Waals surface area contributed by atoms with E-state index >= 15 is 0 Å². The summed E-state index contributed by atoms with van der Waals surface area (Å²) in [5.74, 6) is 0.139. The lowest BCUT2D eigenvalue weighted by molar-refractivity contribution is 0.0705. The van der Waals surface area contributed by atoms with Crippen molar-refractivity contribution in [2.45, 2.75) is 25.2 Å². The molecule has 1 fully saturated rings. The van der Waals surface area contributed by atoms with Crippen LogP contribution >= 0.6 is 11.6 Å². The molecule has 0 saturated carbocycles. The second kappa shape index (κ2) is 8.62. The van der Waals surface area contributed by atoms with Crippen LogP contribution in [0.15, 0.2) is 65.6 Å². The van der Waals surface area contributed by atoms with E-state index in [1.165, 1.54) is 12.3 Å². The molecule has 3 aromatic rings. The number of hydrogen-bond acceptors (Lipinski definition) is 3. The van der Waals surface area contributed by atoms with Crippen LogP contribution in [-0.4, -0.2) is 33.9 Å². The fraction of sp³-hybridized carbons (Fsp3) is 0.261. The van der Waals surface area contributed by atoms with Gasteiger partial charge in [-0.15, -0.1) is 0 Å². The van der Waals surface area contributed by atoms with Crippen molar-refractivity contribution in [3.8, 4) is 0 Å². The molecule has 0 spiro atoms. The molecule has 1 aromatic carbocycles. The summed E-state index contributed by atoms with van der Waals surface area (Å²) >= 11 is 6.29. The summed E-state index contributed by atoms with van der Waals surface area (Å²) in [7, 11) is 0. The van der Waals surface area contributed by atoms with Crippen molar-refractivity contribution >= 4 is 17.5 Å². The third-order valence-electron chi connectivity index (χ3n) is 5.32. The average molecular weight is 408 g/mol. The van der Waals surface area contributed by atoms with Crippen molar-refractivity contribution in [1.82, 2.24) is 14.9 Å². The third-order valence-corrected chi connectivity index (χ3v) is 5.68. The van der Waals surface area contributed by atoms with E-state index in [0.29, 0.717) is 25.1 Å². The molecule has 3 heterocycles. The number of benzene rings is 1. The Hall–Kier alpha value is -2.92. The number of carbonyl (C=O) groups is 1. The fourth-order valence-electron chi connectivity index (χ4n) is 3.79. The highest BCUT2D eigenvalue weighted by Crippen LogP contribution is 2.27. The minimum Gasteiger partial charge on any atom is -0.338 e. The zero-order chi connectivity index (χ0) is 20.2. The molecule has 148 valence electrons. The van der Waals surface area contributed by atoms with Crippen molar-refractivity contribution in [1.29, 1.82) is 0 Å². The second-order valence-electron chi connectivity index (χ2n) is 7.35. The first-order valence-electron chi connectivity index (χ1n) is 9.77. The van der Waals surface area contributed by atoms with Crippen LogP contribution in [0.4, 0.5) is 0 Å². The summed E-state index contributed by atoms with van der Waals surface area (Å²) in [6.07, 6.45) is 4.09. The number of aromatic nitrogens is 2. The molecule has 1 unspecified atom stereocenters. The molecule has 4 rings (SSSR count). The quantitative estimate of drug-likeness (QED) is 0.709. The van der Waals surface area contributed by atoms with E-state index in [0.717, 1.165) is 34.8 Å². The number of pyridine rings is 2. The molecule has 1 aliphatic heterocycles. The van der Waals surface area contributed by atoms with Gasteiger partial charge in [0.25, 0.3) is 5.91 Å². The topological polar surface area (TPSA) is 66.1 Å². The second-order valence-corrected chi connectivity index (χ2v) is 7.76. The number of amides is 1. The lowest BCUT2D eigenvalue weighted by Gasteiger charge is -2.32. The van der Waals surface area contributed by atoms with Crippen molar-refractivity contribution < 1.29 is 4.79 Å². The van der Waals surface area contributed by atoms with E-state index in [2.05, 4.69) is 4.98 Å². The molecule has 1 amide bonds. The van der Waals surface area contributed by atoms with Crippen LogP contribution in [-0.2, 0) is 6.42 Å².